The van der Waals surface area contributed by atoms with Crippen molar-refractivity contribution < 1.29 is 8.42 Å². The average molecular weight is 257 g/mol. The van der Waals surface area contributed by atoms with E-state index in [4.69, 9.17) is 5.73 Å². The molecule has 2 rings (SSSR count). The molecule has 17 heavy (non-hydrogen) atoms. The van der Waals surface area contributed by atoms with Crippen molar-refractivity contribution >= 4 is 21.3 Å². The largest absolute Gasteiger partial charge is 0.384 e. The number of hydrogen-bond donors (Lipinski definition) is 1. The smallest absolute Gasteiger partial charge is 0.153 e. The van der Waals surface area contributed by atoms with E-state index in [9.17, 15) is 8.42 Å². The second kappa shape index (κ2) is 4.91. The minimum atomic E-state index is -2.83. The van der Waals surface area contributed by atoms with Crippen molar-refractivity contribution in [1.82, 2.24) is 4.98 Å². The third-order valence-corrected chi connectivity index (χ3v) is 4.40. The molecule has 1 aromatic heterocycles. The molecular weight excluding hydrogens is 238 g/mol. The van der Waals surface area contributed by atoms with Gasteiger partial charge in [0.1, 0.15) is 5.82 Å². The van der Waals surface area contributed by atoms with Crippen LogP contribution in [0.5, 0.6) is 0 Å². The van der Waals surface area contributed by atoms with Crippen LogP contribution < -0.4 is 10.6 Å². The number of aryl methyl sites for hydroxylation is 1. The third-order valence-electron chi connectivity index (χ3n) is 2.79. The van der Waals surface area contributed by atoms with Gasteiger partial charge in [-0.2, -0.15) is 0 Å². The van der Waals surface area contributed by atoms with Crippen LogP contribution in [0.15, 0.2) is 12.3 Å². The summed E-state index contributed by atoms with van der Waals surface area (Å²) in [5, 5.41) is 0. The van der Waals surface area contributed by atoms with E-state index in [1.165, 1.54) is 0 Å². The van der Waals surface area contributed by atoms with Gasteiger partial charge in [0.05, 0.1) is 23.4 Å². The summed E-state index contributed by atoms with van der Waals surface area (Å²) >= 11 is 0. The standard InChI is InChI=1S/C10H15N3O2S.CH4/c1-8-6-10(11)12-7-9(8)13-2-4-16(14,15)5-3-13;/h6-7H,2-5H2,1H3,(H2,11,12);1H4. The molecule has 1 fully saturated rings. The monoisotopic (exact) mass is 257 g/mol. The molecule has 0 aliphatic carbocycles. The number of nitrogens with two attached hydrogens (primary N) is 1. The summed E-state index contributed by atoms with van der Waals surface area (Å²) in [5.41, 5.74) is 7.58. The number of rotatable bonds is 1. The predicted molar refractivity (Wildman–Crippen MR) is 71.0 cm³/mol. The van der Waals surface area contributed by atoms with Crippen LogP contribution in [0.25, 0.3) is 0 Å². The molecule has 0 saturated carbocycles. The lowest BCUT2D eigenvalue weighted by atomic mass is 10.2. The van der Waals surface area contributed by atoms with E-state index in [0.717, 1.165) is 11.3 Å². The molecule has 5 nitrogen and oxygen atoms in total. The fraction of sp³-hybridized carbons (Fsp3) is 0.545. The van der Waals surface area contributed by atoms with Crippen LogP contribution >= 0.6 is 0 Å². The molecule has 6 heteroatoms. The van der Waals surface area contributed by atoms with Crippen LogP contribution in [0.1, 0.15) is 13.0 Å². The Labute approximate surface area is 103 Å². The molecule has 1 aliphatic heterocycles. The van der Waals surface area contributed by atoms with Crippen molar-refractivity contribution in [3.8, 4) is 0 Å². The zero-order chi connectivity index (χ0) is 11.8. The van der Waals surface area contributed by atoms with Gasteiger partial charge in [-0.05, 0) is 18.6 Å². The van der Waals surface area contributed by atoms with Gasteiger partial charge in [0.2, 0.25) is 0 Å². The van der Waals surface area contributed by atoms with Gasteiger partial charge >= 0.3 is 0 Å². The minimum Gasteiger partial charge on any atom is -0.384 e. The quantitative estimate of drug-likeness (QED) is 0.807. The van der Waals surface area contributed by atoms with Gasteiger partial charge in [0.25, 0.3) is 0 Å². The number of pyridine rings is 1. The van der Waals surface area contributed by atoms with Crippen molar-refractivity contribution in [3.05, 3.63) is 17.8 Å². The Morgan fingerprint density at radius 3 is 2.47 bits per heavy atom. The van der Waals surface area contributed by atoms with Gasteiger partial charge in [-0.1, -0.05) is 7.43 Å². The summed E-state index contributed by atoms with van der Waals surface area (Å²) < 4.78 is 22.6. The maximum Gasteiger partial charge on any atom is 0.153 e. The fourth-order valence-electron chi connectivity index (χ4n) is 1.85. The SMILES string of the molecule is C.Cc1cc(N)ncc1N1CCS(=O)(=O)CC1. The minimum absolute atomic E-state index is 0. The van der Waals surface area contributed by atoms with E-state index in [-0.39, 0.29) is 18.9 Å². The zero-order valence-electron chi connectivity index (χ0n) is 9.18. The molecule has 96 valence electrons. The van der Waals surface area contributed by atoms with Crippen LogP contribution in [-0.2, 0) is 9.84 Å². The Bertz CT molecular complexity index is 485. The number of anilines is 2. The Hall–Kier alpha value is -1.30. The Morgan fingerprint density at radius 1 is 1.35 bits per heavy atom. The maximum atomic E-state index is 11.3. The van der Waals surface area contributed by atoms with E-state index >= 15 is 0 Å². The second-order valence-electron chi connectivity index (χ2n) is 4.03. The van der Waals surface area contributed by atoms with E-state index < -0.39 is 9.84 Å². The Balaban J connectivity index is 0.00000144. The topological polar surface area (TPSA) is 76.3 Å². The van der Waals surface area contributed by atoms with Gasteiger partial charge in [0.15, 0.2) is 9.84 Å². The summed E-state index contributed by atoms with van der Waals surface area (Å²) in [6, 6.07) is 1.80. The molecule has 0 bridgehead atoms. The molecule has 1 saturated heterocycles. The molecule has 2 heterocycles. The van der Waals surface area contributed by atoms with E-state index in [1.807, 2.05) is 11.8 Å². The van der Waals surface area contributed by atoms with Gasteiger partial charge in [-0.3, -0.25) is 0 Å². The maximum absolute atomic E-state index is 11.3. The first kappa shape index (κ1) is 13.8. The fourth-order valence-corrected chi connectivity index (χ4v) is 3.06. The Kier molecular flexibility index (Phi) is 3.98. The van der Waals surface area contributed by atoms with Crippen LogP contribution in [-0.4, -0.2) is 38.0 Å². The molecule has 0 amide bonds. The van der Waals surface area contributed by atoms with E-state index in [0.29, 0.717) is 18.9 Å². The van der Waals surface area contributed by atoms with Crippen molar-refractivity contribution in [1.29, 1.82) is 0 Å². The number of sulfone groups is 1. The summed E-state index contributed by atoms with van der Waals surface area (Å²) in [4.78, 5) is 6.08. The van der Waals surface area contributed by atoms with E-state index in [2.05, 4.69) is 4.98 Å². The molecule has 0 atom stereocenters. The highest BCUT2D eigenvalue weighted by atomic mass is 32.2. The molecule has 0 unspecified atom stereocenters. The first-order valence-electron chi connectivity index (χ1n) is 5.15. The molecular formula is C11H19N3O2S. The lowest BCUT2D eigenvalue weighted by molar-refractivity contribution is 0.586. The van der Waals surface area contributed by atoms with Crippen molar-refractivity contribution in [2.75, 3.05) is 35.2 Å². The van der Waals surface area contributed by atoms with Crippen LogP contribution in [0.4, 0.5) is 11.5 Å². The van der Waals surface area contributed by atoms with Crippen LogP contribution in [0.2, 0.25) is 0 Å². The summed E-state index contributed by atoms with van der Waals surface area (Å²) in [5.74, 6) is 0.930. The summed E-state index contributed by atoms with van der Waals surface area (Å²) in [6.45, 7) is 3.03. The van der Waals surface area contributed by atoms with E-state index in [1.54, 1.807) is 12.3 Å². The van der Waals surface area contributed by atoms with Crippen molar-refractivity contribution in [2.24, 2.45) is 0 Å². The highest BCUT2D eigenvalue weighted by Crippen LogP contribution is 2.21. The molecule has 2 N–H and O–H groups in total. The zero-order valence-corrected chi connectivity index (χ0v) is 10.00. The van der Waals surface area contributed by atoms with Crippen molar-refractivity contribution in [2.45, 2.75) is 14.4 Å². The Morgan fingerprint density at radius 2 is 1.94 bits per heavy atom. The second-order valence-corrected chi connectivity index (χ2v) is 6.34. The van der Waals surface area contributed by atoms with Gasteiger partial charge in [-0.25, -0.2) is 13.4 Å². The number of nitrogens with zero attached hydrogens (tertiary/aromatic N) is 2. The summed E-state index contributed by atoms with van der Waals surface area (Å²) in [6.07, 6.45) is 1.71. The first-order valence-corrected chi connectivity index (χ1v) is 6.97. The first-order chi connectivity index (χ1) is 7.48. The highest BCUT2D eigenvalue weighted by molar-refractivity contribution is 7.91. The van der Waals surface area contributed by atoms with Gasteiger partial charge < -0.3 is 10.6 Å². The molecule has 0 aromatic carbocycles. The lowest BCUT2D eigenvalue weighted by Crippen LogP contribution is -2.40. The third kappa shape index (κ3) is 3.09. The molecule has 0 spiro atoms. The van der Waals surface area contributed by atoms with Crippen LogP contribution in [0, 0.1) is 6.92 Å². The van der Waals surface area contributed by atoms with Gasteiger partial charge in [-0.15, -0.1) is 0 Å². The number of nitrogen functional groups attached to an aromatic ring is 1. The molecule has 1 aromatic rings. The van der Waals surface area contributed by atoms with Crippen LogP contribution in [0.3, 0.4) is 0 Å². The lowest BCUT2D eigenvalue weighted by Gasteiger charge is -2.29. The summed E-state index contributed by atoms with van der Waals surface area (Å²) in [7, 11) is -2.83. The molecule has 1 aliphatic rings. The number of hydrogen-bond acceptors (Lipinski definition) is 5. The molecule has 0 radical (unpaired) electrons. The predicted octanol–water partition coefficient (Wildman–Crippen LogP) is 0.843. The normalized spacial score (nSPS) is 18.5. The number of aromatic nitrogens is 1. The van der Waals surface area contributed by atoms with Crippen molar-refractivity contribution in [3.63, 3.8) is 0 Å². The van der Waals surface area contributed by atoms with Gasteiger partial charge in [0, 0.05) is 13.1 Å². The highest BCUT2D eigenvalue weighted by Gasteiger charge is 2.22. The average Bonchev–Trinajstić information content (AvgIpc) is 2.19.